The van der Waals surface area contributed by atoms with E-state index >= 15 is 0 Å². The molecular formula is C16H19FN4. The minimum Gasteiger partial charge on any atom is -0.329 e. The molecule has 0 amide bonds. The molecule has 0 saturated carbocycles. The van der Waals surface area contributed by atoms with E-state index in [0.717, 1.165) is 5.82 Å². The van der Waals surface area contributed by atoms with Crippen LogP contribution in [0.2, 0.25) is 0 Å². The van der Waals surface area contributed by atoms with Gasteiger partial charge >= 0.3 is 0 Å². The third kappa shape index (κ3) is 4.14. The second kappa shape index (κ2) is 6.06. The number of nitrogens with one attached hydrogen (secondary N) is 1. The lowest BCUT2D eigenvalue weighted by molar-refractivity contribution is 0.412. The van der Waals surface area contributed by atoms with Crippen LogP contribution in [0.5, 0.6) is 0 Å². The van der Waals surface area contributed by atoms with E-state index in [1.807, 2.05) is 16.8 Å². The van der Waals surface area contributed by atoms with Crippen LogP contribution in [0.15, 0.2) is 30.6 Å². The van der Waals surface area contributed by atoms with Gasteiger partial charge in [-0.2, -0.15) is 5.26 Å². The predicted molar refractivity (Wildman–Crippen MR) is 79.0 cm³/mol. The molecule has 1 aromatic heterocycles. The van der Waals surface area contributed by atoms with Crippen LogP contribution in [-0.2, 0) is 13.1 Å². The first-order valence-corrected chi connectivity index (χ1v) is 6.82. The summed E-state index contributed by atoms with van der Waals surface area (Å²) in [6.07, 6.45) is 3.54. The summed E-state index contributed by atoms with van der Waals surface area (Å²) < 4.78 is 15.8. The molecule has 0 atom stereocenters. The number of hydrogen-bond acceptors (Lipinski definition) is 3. The number of halogens is 1. The van der Waals surface area contributed by atoms with Gasteiger partial charge in [-0.15, -0.1) is 0 Å². The Balaban J connectivity index is 2.14. The van der Waals surface area contributed by atoms with Gasteiger partial charge in [0.2, 0.25) is 0 Å². The molecular weight excluding hydrogens is 267 g/mol. The van der Waals surface area contributed by atoms with Crippen LogP contribution in [0.1, 0.15) is 37.7 Å². The molecule has 0 saturated heterocycles. The summed E-state index contributed by atoms with van der Waals surface area (Å²) in [5.74, 6) is 0.492. The van der Waals surface area contributed by atoms with Crippen LogP contribution in [0.4, 0.5) is 4.39 Å². The fourth-order valence-electron chi connectivity index (χ4n) is 1.92. The lowest BCUT2D eigenvalue weighted by Gasteiger charge is -2.20. The van der Waals surface area contributed by atoms with E-state index in [9.17, 15) is 4.39 Å². The zero-order chi connectivity index (χ0) is 15.5. The summed E-state index contributed by atoms with van der Waals surface area (Å²) >= 11 is 0. The van der Waals surface area contributed by atoms with Gasteiger partial charge in [0.15, 0.2) is 0 Å². The number of nitriles is 1. The van der Waals surface area contributed by atoms with E-state index in [1.165, 1.54) is 6.07 Å². The van der Waals surface area contributed by atoms with Gasteiger partial charge in [-0.05, 0) is 32.9 Å². The zero-order valence-corrected chi connectivity index (χ0v) is 12.5. The van der Waals surface area contributed by atoms with Crippen molar-refractivity contribution in [3.8, 4) is 6.07 Å². The van der Waals surface area contributed by atoms with Crippen LogP contribution >= 0.6 is 0 Å². The molecule has 0 spiro atoms. The first-order valence-electron chi connectivity index (χ1n) is 6.82. The van der Waals surface area contributed by atoms with E-state index in [0.29, 0.717) is 24.2 Å². The van der Waals surface area contributed by atoms with Crippen LogP contribution in [-0.4, -0.2) is 15.1 Å². The largest absolute Gasteiger partial charge is 0.329 e. The molecule has 0 radical (unpaired) electrons. The highest BCUT2D eigenvalue weighted by Crippen LogP contribution is 2.13. The Bertz CT molecular complexity index is 662. The van der Waals surface area contributed by atoms with Crippen molar-refractivity contribution in [2.24, 2.45) is 0 Å². The topological polar surface area (TPSA) is 53.6 Å². The SMILES string of the molecule is CC(C)(C)NCc1nccn1Cc1ccc(C#N)cc1F. The van der Waals surface area contributed by atoms with E-state index < -0.39 is 0 Å². The van der Waals surface area contributed by atoms with Crippen molar-refractivity contribution in [2.75, 3.05) is 0 Å². The van der Waals surface area contributed by atoms with E-state index in [2.05, 4.69) is 31.1 Å². The fraction of sp³-hybridized carbons (Fsp3) is 0.375. The highest BCUT2D eigenvalue weighted by atomic mass is 19.1. The van der Waals surface area contributed by atoms with Crippen molar-refractivity contribution in [3.05, 3.63) is 53.4 Å². The minimum absolute atomic E-state index is 0.00350. The second-order valence-electron chi connectivity index (χ2n) is 5.99. The zero-order valence-electron chi connectivity index (χ0n) is 12.5. The minimum atomic E-state index is -0.363. The normalized spacial score (nSPS) is 11.4. The molecule has 21 heavy (non-hydrogen) atoms. The van der Waals surface area contributed by atoms with Gasteiger partial charge in [0.25, 0.3) is 0 Å². The number of imidazole rings is 1. The Morgan fingerprint density at radius 2 is 2.14 bits per heavy atom. The highest BCUT2D eigenvalue weighted by molar-refractivity contribution is 5.33. The number of aromatic nitrogens is 2. The lowest BCUT2D eigenvalue weighted by atomic mass is 10.1. The summed E-state index contributed by atoms with van der Waals surface area (Å²) in [5, 5.41) is 12.1. The number of hydrogen-bond donors (Lipinski definition) is 1. The Hall–Kier alpha value is -2.19. The molecule has 2 rings (SSSR count). The second-order valence-corrected chi connectivity index (χ2v) is 5.99. The maximum absolute atomic E-state index is 13.9. The van der Waals surface area contributed by atoms with E-state index in [1.54, 1.807) is 18.3 Å². The van der Waals surface area contributed by atoms with Crippen molar-refractivity contribution in [1.29, 1.82) is 5.26 Å². The Morgan fingerprint density at radius 3 is 2.76 bits per heavy atom. The van der Waals surface area contributed by atoms with Gasteiger partial charge in [-0.1, -0.05) is 6.07 Å². The molecule has 0 aliphatic carbocycles. The average Bonchev–Trinajstić information content (AvgIpc) is 2.85. The van der Waals surface area contributed by atoms with E-state index in [-0.39, 0.29) is 11.4 Å². The van der Waals surface area contributed by atoms with Crippen LogP contribution < -0.4 is 5.32 Å². The fourth-order valence-corrected chi connectivity index (χ4v) is 1.92. The monoisotopic (exact) mass is 286 g/mol. The standard InChI is InChI=1S/C16H19FN4/c1-16(2,3)20-10-15-19-6-7-21(15)11-13-5-4-12(9-18)8-14(13)17/h4-8,20H,10-11H2,1-3H3. The molecule has 1 heterocycles. The van der Waals surface area contributed by atoms with Gasteiger partial charge in [-0.3, -0.25) is 0 Å². The third-order valence-electron chi connectivity index (χ3n) is 3.10. The van der Waals surface area contributed by atoms with Crippen LogP contribution in [0, 0.1) is 17.1 Å². The molecule has 0 aliphatic heterocycles. The maximum atomic E-state index is 13.9. The molecule has 110 valence electrons. The molecule has 5 heteroatoms. The van der Waals surface area contributed by atoms with Crippen LogP contribution in [0.3, 0.4) is 0 Å². The van der Waals surface area contributed by atoms with Crippen molar-refractivity contribution in [2.45, 2.75) is 39.4 Å². The Morgan fingerprint density at radius 1 is 1.38 bits per heavy atom. The first kappa shape index (κ1) is 15.2. The summed E-state index contributed by atoms with van der Waals surface area (Å²) in [7, 11) is 0. The third-order valence-corrected chi connectivity index (χ3v) is 3.10. The highest BCUT2D eigenvalue weighted by Gasteiger charge is 2.12. The molecule has 0 fully saturated rings. The van der Waals surface area contributed by atoms with Gasteiger partial charge in [0, 0.05) is 23.5 Å². The molecule has 0 unspecified atom stereocenters. The van der Waals surface area contributed by atoms with E-state index in [4.69, 9.17) is 5.26 Å². The van der Waals surface area contributed by atoms with Crippen molar-refractivity contribution >= 4 is 0 Å². The van der Waals surface area contributed by atoms with Crippen molar-refractivity contribution in [1.82, 2.24) is 14.9 Å². The van der Waals surface area contributed by atoms with Gasteiger partial charge < -0.3 is 9.88 Å². The van der Waals surface area contributed by atoms with Crippen molar-refractivity contribution in [3.63, 3.8) is 0 Å². The smallest absolute Gasteiger partial charge is 0.129 e. The summed E-state index contributed by atoms with van der Waals surface area (Å²) in [6.45, 7) is 7.27. The molecule has 4 nitrogen and oxygen atoms in total. The van der Waals surface area contributed by atoms with Gasteiger partial charge in [0.05, 0.1) is 24.7 Å². The first-order chi connectivity index (χ1) is 9.89. The van der Waals surface area contributed by atoms with Gasteiger partial charge in [0.1, 0.15) is 11.6 Å². The number of rotatable bonds is 4. The summed E-state index contributed by atoms with van der Waals surface area (Å²) in [5.41, 5.74) is 0.872. The Labute approximate surface area is 124 Å². The Kier molecular flexibility index (Phi) is 4.39. The summed E-state index contributed by atoms with van der Waals surface area (Å²) in [4.78, 5) is 4.30. The number of benzene rings is 1. The molecule has 0 aliphatic rings. The molecule has 1 N–H and O–H groups in total. The molecule has 2 aromatic rings. The summed E-state index contributed by atoms with van der Waals surface area (Å²) in [6, 6.07) is 6.47. The quantitative estimate of drug-likeness (QED) is 0.940. The predicted octanol–water partition coefficient (Wildman–Crippen LogP) is 2.83. The van der Waals surface area contributed by atoms with Gasteiger partial charge in [-0.25, -0.2) is 9.37 Å². The van der Waals surface area contributed by atoms with Crippen molar-refractivity contribution < 1.29 is 4.39 Å². The average molecular weight is 286 g/mol. The lowest BCUT2D eigenvalue weighted by Crippen LogP contribution is -2.36. The maximum Gasteiger partial charge on any atom is 0.129 e. The van der Waals surface area contributed by atoms with Crippen LogP contribution in [0.25, 0.3) is 0 Å². The molecule has 0 bridgehead atoms. The molecule has 1 aromatic carbocycles. The number of nitrogens with zero attached hydrogens (tertiary/aromatic N) is 3.